The van der Waals surface area contributed by atoms with E-state index in [4.69, 9.17) is 9.84 Å². The zero-order valence-corrected chi connectivity index (χ0v) is 19.1. The lowest BCUT2D eigenvalue weighted by molar-refractivity contribution is 0.193. The molecule has 0 radical (unpaired) electrons. The van der Waals surface area contributed by atoms with Gasteiger partial charge in [-0.15, -0.1) is 0 Å². The number of nitrogens with one attached hydrogen (secondary N) is 1. The molecule has 3 aromatic rings. The highest BCUT2D eigenvalue weighted by atomic mass is 16.5. The number of benzene rings is 2. The van der Waals surface area contributed by atoms with Crippen molar-refractivity contribution in [2.75, 3.05) is 13.1 Å². The molecule has 2 aromatic carbocycles. The van der Waals surface area contributed by atoms with Crippen molar-refractivity contribution in [3.63, 3.8) is 0 Å². The Kier molecular flexibility index (Phi) is 6.58. The minimum Gasteiger partial charge on any atom is -0.439 e. The summed E-state index contributed by atoms with van der Waals surface area (Å²) < 4.78 is 5.86. The van der Waals surface area contributed by atoms with Gasteiger partial charge in [-0.05, 0) is 54.2 Å². The van der Waals surface area contributed by atoms with Crippen LogP contribution in [0.1, 0.15) is 41.9 Å². The van der Waals surface area contributed by atoms with Crippen LogP contribution in [0, 0.1) is 0 Å². The maximum atomic E-state index is 12.7. The van der Waals surface area contributed by atoms with Gasteiger partial charge >= 0.3 is 6.03 Å². The molecule has 1 aliphatic heterocycles. The topological polar surface area (TPSA) is 74.7 Å². The molecule has 2 N–H and O–H groups in total. The third-order valence-corrected chi connectivity index (χ3v) is 6.45. The van der Waals surface area contributed by atoms with E-state index in [-0.39, 0.29) is 18.7 Å². The molecule has 5 rings (SSSR count). The van der Waals surface area contributed by atoms with Crippen LogP contribution >= 0.6 is 0 Å². The molecule has 0 spiro atoms. The molecular formula is C28H29N3O3. The lowest BCUT2D eigenvalue weighted by Crippen LogP contribution is -2.44. The maximum Gasteiger partial charge on any atom is 0.317 e. The zero-order valence-electron chi connectivity index (χ0n) is 19.1. The molecule has 1 saturated heterocycles. The van der Waals surface area contributed by atoms with Crippen LogP contribution in [0.25, 0.3) is 6.08 Å². The van der Waals surface area contributed by atoms with Crippen molar-refractivity contribution < 1.29 is 14.6 Å². The van der Waals surface area contributed by atoms with Crippen LogP contribution in [0.15, 0.2) is 78.5 Å². The lowest BCUT2D eigenvalue weighted by Gasteiger charge is -2.28. The van der Waals surface area contributed by atoms with Gasteiger partial charge in [-0.1, -0.05) is 54.1 Å². The predicted molar refractivity (Wildman–Crippen MR) is 132 cm³/mol. The van der Waals surface area contributed by atoms with E-state index in [0.717, 1.165) is 43.5 Å². The Hall–Kier alpha value is -3.64. The van der Waals surface area contributed by atoms with E-state index in [1.54, 1.807) is 18.3 Å². The number of nitrogens with zero attached hydrogens (tertiary/aromatic N) is 2. The fraction of sp³-hybridized carbons (Fsp3) is 0.286. The van der Waals surface area contributed by atoms with Crippen LogP contribution in [-0.4, -0.2) is 40.2 Å². The average Bonchev–Trinajstić information content (AvgIpc) is 3.65. The molecule has 2 atom stereocenters. The second-order valence-electron chi connectivity index (χ2n) is 8.94. The number of urea groups is 1. The standard InChI is InChI=1S/C28H29N3O3/c32-19-22-9-10-27(29-18-22)34-24-8-4-5-21(16-24)15-20-11-13-31(14-12-20)28(33)30-26-17-25(26)23-6-2-1-3-7-23/h1-10,15-16,18,25-26,32H,11-14,17,19H2,(H,30,33)/t25-,26?/m0/s1. The molecule has 2 aliphatic rings. The Morgan fingerprint density at radius 2 is 1.91 bits per heavy atom. The second kappa shape index (κ2) is 10.1. The predicted octanol–water partition coefficient (Wildman–Crippen LogP) is 5.11. The fourth-order valence-corrected chi connectivity index (χ4v) is 4.40. The van der Waals surface area contributed by atoms with E-state index in [0.29, 0.717) is 17.5 Å². The van der Waals surface area contributed by atoms with E-state index in [1.807, 2.05) is 29.2 Å². The summed E-state index contributed by atoms with van der Waals surface area (Å²) in [7, 11) is 0. The molecule has 6 nitrogen and oxygen atoms in total. The van der Waals surface area contributed by atoms with E-state index in [1.165, 1.54) is 11.1 Å². The van der Waals surface area contributed by atoms with E-state index < -0.39 is 0 Å². The summed E-state index contributed by atoms with van der Waals surface area (Å²) in [5.41, 5.74) is 4.46. The minimum atomic E-state index is -0.0375. The van der Waals surface area contributed by atoms with Gasteiger partial charge in [0.2, 0.25) is 5.88 Å². The summed E-state index contributed by atoms with van der Waals surface area (Å²) in [6.45, 7) is 1.43. The number of rotatable bonds is 6. The fourth-order valence-electron chi connectivity index (χ4n) is 4.40. The molecule has 6 heteroatoms. The summed E-state index contributed by atoms with van der Waals surface area (Å²) in [5, 5.41) is 12.3. The van der Waals surface area contributed by atoms with Crippen molar-refractivity contribution in [3.8, 4) is 11.6 Å². The van der Waals surface area contributed by atoms with Crippen molar-refractivity contribution in [3.05, 3.63) is 95.2 Å². The molecule has 174 valence electrons. The van der Waals surface area contributed by atoms with Crippen molar-refractivity contribution in [1.82, 2.24) is 15.2 Å². The normalized spacial score (nSPS) is 19.4. The Labute approximate surface area is 199 Å². The number of amides is 2. The van der Waals surface area contributed by atoms with Crippen LogP contribution < -0.4 is 10.1 Å². The molecular weight excluding hydrogens is 426 g/mol. The Morgan fingerprint density at radius 1 is 1.09 bits per heavy atom. The van der Waals surface area contributed by atoms with Gasteiger partial charge in [0.25, 0.3) is 0 Å². The highest BCUT2D eigenvalue weighted by Gasteiger charge is 2.40. The minimum absolute atomic E-state index is 0.0375. The number of ether oxygens (including phenoxy) is 1. The SMILES string of the molecule is O=C(NC1C[C@H]1c1ccccc1)N1CCC(=Cc2cccc(Oc3ccc(CO)cn3)c2)CC1. The number of piperidine rings is 1. The van der Waals surface area contributed by atoms with E-state index >= 15 is 0 Å². The van der Waals surface area contributed by atoms with Crippen LogP contribution in [-0.2, 0) is 6.61 Å². The van der Waals surface area contributed by atoms with Gasteiger partial charge in [0.15, 0.2) is 0 Å². The largest absolute Gasteiger partial charge is 0.439 e. The lowest BCUT2D eigenvalue weighted by atomic mass is 10.0. The van der Waals surface area contributed by atoms with Gasteiger partial charge in [-0.3, -0.25) is 0 Å². The molecule has 1 aliphatic carbocycles. The molecule has 34 heavy (non-hydrogen) atoms. The van der Waals surface area contributed by atoms with Gasteiger partial charge in [0.05, 0.1) is 6.61 Å². The first-order chi connectivity index (χ1) is 16.7. The first kappa shape index (κ1) is 22.2. The molecule has 1 saturated carbocycles. The summed E-state index contributed by atoms with van der Waals surface area (Å²) in [6.07, 6.45) is 6.56. The Bertz CT molecular complexity index is 1150. The van der Waals surface area contributed by atoms with E-state index in [2.05, 4.69) is 46.7 Å². The van der Waals surface area contributed by atoms with Gasteiger partial charge in [0.1, 0.15) is 5.75 Å². The Balaban J connectivity index is 1.13. The summed E-state index contributed by atoms with van der Waals surface area (Å²) in [5.74, 6) is 1.65. The third kappa shape index (κ3) is 5.46. The number of hydrogen-bond acceptors (Lipinski definition) is 4. The third-order valence-electron chi connectivity index (χ3n) is 6.45. The van der Waals surface area contributed by atoms with Crippen LogP contribution in [0.4, 0.5) is 4.79 Å². The number of hydrogen-bond donors (Lipinski definition) is 2. The van der Waals surface area contributed by atoms with Crippen LogP contribution in [0.2, 0.25) is 0 Å². The van der Waals surface area contributed by atoms with Crippen molar-refractivity contribution in [2.24, 2.45) is 0 Å². The van der Waals surface area contributed by atoms with Crippen molar-refractivity contribution >= 4 is 12.1 Å². The molecule has 1 unspecified atom stereocenters. The van der Waals surface area contributed by atoms with Gasteiger partial charge < -0.3 is 20.1 Å². The number of carbonyl (C=O) groups is 1. The number of aliphatic hydroxyl groups excluding tert-OH is 1. The molecule has 0 bridgehead atoms. The van der Waals surface area contributed by atoms with Crippen molar-refractivity contribution in [2.45, 2.75) is 37.8 Å². The molecule has 1 aromatic heterocycles. The number of likely N-dealkylation sites (tertiary alicyclic amines) is 1. The highest BCUT2D eigenvalue weighted by molar-refractivity contribution is 5.75. The molecule has 2 amide bonds. The molecule has 2 fully saturated rings. The number of aromatic nitrogens is 1. The summed E-state index contributed by atoms with van der Waals surface area (Å²) in [4.78, 5) is 18.9. The highest BCUT2D eigenvalue weighted by Crippen LogP contribution is 2.40. The zero-order chi connectivity index (χ0) is 23.3. The van der Waals surface area contributed by atoms with Gasteiger partial charge in [-0.2, -0.15) is 0 Å². The quantitative estimate of drug-likeness (QED) is 0.542. The van der Waals surface area contributed by atoms with Crippen molar-refractivity contribution in [1.29, 1.82) is 0 Å². The molecule has 2 heterocycles. The monoisotopic (exact) mass is 455 g/mol. The summed E-state index contributed by atoms with van der Waals surface area (Å²) in [6, 6.07) is 22.2. The number of pyridine rings is 1. The van der Waals surface area contributed by atoms with E-state index in [9.17, 15) is 4.79 Å². The van der Waals surface area contributed by atoms with Gasteiger partial charge in [-0.25, -0.2) is 9.78 Å². The first-order valence-corrected chi connectivity index (χ1v) is 11.8. The number of carbonyl (C=O) groups excluding carboxylic acids is 1. The van der Waals surface area contributed by atoms with Crippen LogP contribution in [0.3, 0.4) is 0 Å². The Morgan fingerprint density at radius 3 is 2.65 bits per heavy atom. The average molecular weight is 456 g/mol. The summed E-state index contributed by atoms with van der Waals surface area (Å²) >= 11 is 0. The van der Waals surface area contributed by atoms with Crippen LogP contribution in [0.5, 0.6) is 11.6 Å². The first-order valence-electron chi connectivity index (χ1n) is 11.8. The number of aliphatic hydroxyl groups is 1. The van der Waals surface area contributed by atoms with Gasteiger partial charge in [0, 0.05) is 37.3 Å². The second-order valence-corrected chi connectivity index (χ2v) is 8.94. The smallest absolute Gasteiger partial charge is 0.317 e. The maximum absolute atomic E-state index is 12.7.